The van der Waals surface area contributed by atoms with E-state index in [2.05, 4.69) is 9.50 Å². The van der Waals surface area contributed by atoms with Crippen LogP contribution >= 0.6 is 0 Å². The maximum Gasteiger partial charge on any atom is 0.397 e. The molecule has 0 saturated carbocycles. The van der Waals surface area contributed by atoms with Crippen LogP contribution in [0.25, 0.3) is 0 Å². The molecule has 4 rings (SSSR count). The van der Waals surface area contributed by atoms with Crippen LogP contribution < -0.4 is 11.1 Å². The van der Waals surface area contributed by atoms with E-state index in [1.165, 1.54) is 0 Å². The zero-order valence-electron chi connectivity index (χ0n) is 30.7. The lowest BCUT2D eigenvalue weighted by Crippen LogP contribution is -2.70. The van der Waals surface area contributed by atoms with Gasteiger partial charge in [0.1, 0.15) is 97.6 Å². The van der Waals surface area contributed by atoms with Crippen molar-refractivity contribution < 1.29 is 128 Å². The van der Waals surface area contributed by atoms with E-state index in [1.54, 1.807) is 0 Å². The van der Waals surface area contributed by atoms with Gasteiger partial charge in [-0.25, -0.2) is 8.37 Å². The fourth-order valence-electron chi connectivity index (χ4n) is 6.73. The molecule has 4 aliphatic rings. The monoisotopic (exact) mass is 910 g/mol. The molecule has 0 unspecified atom stereocenters. The van der Waals surface area contributed by atoms with E-state index < -0.39 is 176 Å². The average Bonchev–Trinajstić information content (AvgIpc) is 3.16. The maximum absolute atomic E-state index is 12.5. The van der Waals surface area contributed by atoms with E-state index in [4.69, 9.17) is 47.8 Å². The van der Waals surface area contributed by atoms with Crippen LogP contribution in [0.3, 0.4) is 0 Å². The maximum atomic E-state index is 12.5. The number of nitrogens with one attached hydrogen (secondary N) is 1. The second-order valence-corrected chi connectivity index (χ2v) is 15.6. The van der Waals surface area contributed by atoms with E-state index in [0.29, 0.717) is 0 Å². The van der Waals surface area contributed by atoms with E-state index in [0.717, 1.165) is 6.92 Å². The molecule has 4 aliphatic heterocycles. The molecule has 0 spiro atoms. The molecule has 4 fully saturated rings. The summed E-state index contributed by atoms with van der Waals surface area (Å²) in [4.78, 5) is 12.5. The molecular weight excluding hydrogens is 860 g/mol. The molecular formula is C28H50N2O27S2. The standard InChI is InChI=1S/C28H50N2O27S2/c1-8(35)30-13-22(55-27-18(40)23(56-58(42,43)44)15(37)10(5-32)50-27)14(36)9(4-31)49-25(13)54-21-12(7-34)52-28(19(41)24(21)57-59(45,46)47)53-20-11(6-33)51-26(48-3-2-29)17(39)16(20)38/h9-28,31-34,36-41H,2-7,29H2,1H3,(H,30,35)(H,42,43,44)(H,45,46,47)/t9-,10-,11-,12-,13-,14+,15+,16-,17-,18-,19-,20-,21+,22-,23+,24-,25+,26-,27+,28+/m1/s1. The number of carbonyl (C=O) groups is 1. The topological polar surface area (TPSA) is 458 Å². The number of amides is 1. The lowest BCUT2D eigenvalue weighted by Gasteiger charge is -2.50. The first-order valence-electron chi connectivity index (χ1n) is 17.6. The predicted octanol–water partition coefficient (Wildman–Crippen LogP) is -9.97. The molecule has 29 nitrogen and oxygen atoms in total. The normalized spacial score (nSPS) is 43.6. The van der Waals surface area contributed by atoms with Gasteiger partial charge in [0.2, 0.25) is 5.91 Å². The van der Waals surface area contributed by atoms with E-state index in [9.17, 15) is 81.8 Å². The van der Waals surface area contributed by atoms with Gasteiger partial charge in [0.05, 0.1) is 33.0 Å². The van der Waals surface area contributed by atoms with Crippen molar-refractivity contribution in [1.82, 2.24) is 5.32 Å². The van der Waals surface area contributed by atoms with Crippen LogP contribution in [-0.2, 0) is 71.9 Å². The van der Waals surface area contributed by atoms with Crippen LogP contribution in [0.5, 0.6) is 0 Å². The highest BCUT2D eigenvalue weighted by atomic mass is 32.3. The Hall–Kier alpha value is -1.55. The predicted molar refractivity (Wildman–Crippen MR) is 179 cm³/mol. The highest BCUT2D eigenvalue weighted by molar-refractivity contribution is 7.81. The summed E-state index contributed by atoms with van der Waals surface area (Å²) in [6.07, 6.45) is -38.3. The number of nitrogens with two attached hydrogens (primary N) is 1. The van der Waals surface area contributed by atoms with Crippen molar-refractivity contribution in [3.8, 4) is 0 Å². The third kappa shape index (κ3) is 12.3. The molecule has 31 heteroatoms. The number of hydrogen-bond acceptors (Lipinski definition) is 26. The van der Waals surface area contributed by atoms with Gasteiger partial charge in [-0.1, -0.05) is 0 Å². The number of aliphatic hydroxyl groups is 10. The first-order valence-corrected chi connectivity index (χ1v) is 20.3. The van der Waals surface area contributed by atoms with Crippen molar-refractivity contribution in [3.05, 3.63) is 0 Å². The number of aliphatic hydroxyl groups excluding tert-OH is 10. The smallest absolute Gasteiger partial charge is 0.394 e. The first-order chi connectivity index (χ1) is 27.6. The van der Waals surface area contributed by atoms with Crippen molar-refractivity contribution in [2.45, 2.75) is 130 Å². The molecule has 0 radical (unpaired) electrons. The Kier molecular flexibility index (Phi) is 18.0. The number of rotatable bonds is 18. The largest absolute Gasteiger partial charge is 0.397 e. The molecule has 20 atom stereocenters. The third-order valence-electron chi connectivity index (χ3n) is 9.40. The fraction of sp³-hybridized carbons (Fsp3) is 0.964. The summed E-state index contributed by atoms with van der Waals surface area (Å²) in [5, 5.41) is 108. The molecule has 0 aromatic carbocycles. The zero-order valence-corrected chi connectivity index (χ0v) is 32.3. The SMILES string of the molecule is CC(=O)N[C@H]1[C@H](O[C@@H]2[C@H](OS(=O)(=O)O)[C@@H](O)[C@H](O[C@H]3[C@H](O)[C@@H](O)[C@H](OCCN)O[C@@H]3CO)O[C@@H]2CO)O[C@H](CO)[C@H](O)[C@@H]1O[C@@H]1O[C@H](CO)[C@H](O)[C@H](OS(=O)(=O)O)[C@H]1O. The van der Waals surface area contributed by atoms with Crippen LogP contribution in [0.1, 0.15) is 6.92 Å². The summed E-state index contributed by atoms with van der Waals surface area (Å²) in [7, 11) is -11.0. The van der Waals surface area contributed by atoms with E-state index >= 15 is 0 Å². The lowest BCUT2D eigenvalue weighted by molar-refractivity contribution is -0.377. The summed E-state index contributed by atoms with van der Waals surface area (Å²) >= 11 is 0. The Morgan fingerprint density at radius 1 is 0.559 bits per heavy atom. The van der Waals surface area contributed by atoms with Gasteiger partial charge in [-0.05, 0) is 0 Å². The fourth-order valence-corrected chi connectivity index (χ4v) is 7.74. The summed E-state index contributed by atoms with van der Waals surface area (Å²) in [6.45, 7) is -3.45. The number of hydrogen-bond donors (Lipinski definition) is 14. The van der Waals surface area contributed by atoms with E-state index in [-0.39, 0.29) is 13.2 Å². The Labute approximate surface area is 334 Å². The van der Waals surface area contributed by atoms with Crippen molar-refractivity contribution in [3.63, 3.8) is 0 Å². The van der Waals surface area contributed by atoms with Crippen molar-refractivity contribution >= 4 is 26.7 Å². The van der Waals surface area contributed by atoms with Gasteiger partial charge in [-0.15, -0.1) is 0 Å². The molecule has 0 aromatic rings. The van der Waals surface area contributed by atoms with Crippen LogP contribution in [0.4, 0.5) is 0 Å². The molecule has 4 heterocycles. The van der Waals surface area contributed by atoms with Gasteiger partial charge in [0.25, 0.3) is 0 Å². The van der Waals surface area contributed by atoms with Gasteiger partial charge in [0, 0.05) is 13.5 Å². The quantitative estimate of drug-likeness (QED) is 0.0568. The molecule has 0 aliphatic carbocycles. The van der Waals surface area contributed by atoms with E-state index in [1.807, 2.05) is 0 Å². The van der Waals surface area contributed by atoms with Crippen molar-refractivity contribution in [2.75, 3.05) is 39.6 Å². The molecule has 4 saturated heterocycles. The zero-order chi connectivity index (χ0) is 44.1. The highest BCUT2D eigenvalue weighted by Crippen LogP contribution is 2.36. The summed E-state index contributed by atoms with van der Waals surface area (Å²) < 4.78 is 120. The number of carbonyl (C=O) groups excluding carboxylic acids is 1. The van der Waals surface area contributed by atoms with Crippen LogP contribution in [0, 0.1) is 0 Å². The lowest BCUT2D eigenvalue weighted by atomic mass is 9.94. The average molecular weight is 911 g/mol. The highest BCUT2D eigenvalue weighted by Gasteiger charge is 2.57. The van der Waals surface area contributed by atoms with Crippen molar-refractivity contribution in [1.29, 1.82) is 0 Å². The van der Waals surface area contributed by atoms with Gasteiger partial charge in [-0.2, -0.15) is 16.8 Å². The molecule has 0 aromatic heterocycles. The van der Waals surface area contributed by atoms with Gasteiger partial charge in [0.15, 0.2) is 25.2 Å². The molecule has 15 N–H and O–H groups in total. The molecule has 1 amide bonds. The minimum atomic E-state index is -5.58. The second-order valence-electron chi connectivity index (χ2n) is 13.5. The Morgan fingerprint density at radius 2 is 0.983 bits per heavy atom. The van der Waals surface area contributed by atoms with Gasteiger partial charge >= 0.3 is 20.8 Å². The van der Waals surface area contributed by atoms with Gasteiger partial charge in [-0.3, -0.25) is 13.9 Å². The summed E-state index contributed by atoms with van der Waals surface area (Å²) in [5.41, 5.74) is 5.39. The molecule has 59 heavy (non-hydrogen) atoms. The van der Waals surface area contributed by atoms with Crippen LogP contribution in [-0.4, -0.2) is 245 Å². The Bertz CT molecular complexity index is 1560. The molecule has 0 bridgehead atoms. The Morgan fingerprint density at radius 3 is 1.49 bits per heavy atom. The summed E-state index contributed by atoms with van der Waals surface area (Å²) in [5.74, 6) is -0.931. The third-order valence-corrected chi connectivity index (χ3v) is 10.3. The molecule has 346 valence electrons. The minimum absolute atomic E-state index is 0.0224. The number of ether oxygens (including phenoxy) is 8. The minimum Gasteiger partial charge on any atom is -0.394 e. The van der Waals surface area contributed by atoms with Crippen LogP contribution in [0.15, 0.2) is 0 Å². The second kappa shape index (κ2) is 21.2. The van der Waals surface area contributed by atoms with Crippen molar-refractivity contribution in [2.24, 2.45) is 5.73 Å². The summed E-state index contributed by atoms with van der Waals surface area (Å²) in [6, 6.07) is -1.88. The van der Waals surface area contributed by atoms with Gasteiger partial charge < -0.3 is 100 Å². The Balaban J connectivity index is 1.67. The first kappa shape index (κ1) is 50.1. The van der Waals surface area contributed by atoms with Crippen LogP contribution in [0.2, 0.25) is 0 Å².